The van der Waals surface area contributed by atoms with E-state index < -0.39 is 0 Å². The average Bonchev–Trinajstić information content (AvgIpc) is 2.52. The standard InChI is InChI=1S/C22H38N2O/c1-18(2)9-6-10-19(3)11-7-12-20(4)13-8-14-21(5)17-22(25)24-16-15-23/h9,11,13,17H,6-8,10,12,14-16,23H2,1-5H3,(H,24,25)/b19-11+,20-13+,21-17+. The van der Waals surface area contributed by atoms with E-state index in [2.05, 4.69) is 51.2 Å². The lowest BCUT2D eigenvalue weighted by molar-refractivity contribution is -0.116. The molecule has 0 aliphatic heterocycles. The van der Waals surface area contributed by atoms with Crippen LogP contribution in [0.5, 0.6) is 0 Å². The highest BCUT2D eigenvalue weighted by atomic mass is 16.1. The van der Waals surface area contributed by atoms with Crippen LogP contribution >= 0.6 is 0 Å². The first kappa shape index (κ1) is 23.4. The van der Waals surface area contributed by atoms with Gasteiger partial charge in [0, 0.05) is 19.2 Å². The van der Waals surface area contributed by atoms with Crippen molar-refractivity contribution in [3.63, 3.8) is 0 Å². The zero-order valence-electron chi connectivity index (χ0n) is 17.0. The second-order valence-electron chi connectivity index (χ2n) is 7.07. The van der Waals surface area contributed by atoms with Gasteiger partial charge in [0.25, 0.3) is 0 Å². The molecular formula is C22H38N2O. The van der Waals surface area contributed by atoms with E-state index in [1.165, 1.54) is 16.7 Å². The van der Waals surface area contributed by atoms with E-state index in [1.807, 2.05) is 6.92 Å². The fourth-order valence-electron chi connectivity index (χ4n) is 2.43. The summed E-state index contributed by atoms with van der Waals surface area (Å²) >= 11 is 0. The third-order valence-corrected chi connectivity index (χ3v) is 3.98. The van der Waals surface area contributed by atoms with E-state index in [0.29, 0.717) is 13.1 Å². The van der Waals surface area contributed by atoms with Gasteiger partial charge < -0.3 is 11.1 Å². The van der Waals surface area contributed by atoms with Crippen LogP contribution in [-0.2, 0) is 4.79 Å². The number of allylic oxidation sites excluding steroid dienone is 7. The lowest BCUT2D eigenvalue weighted by Gasteiger charge is -2.03. The van der Waals surface area contributed by atoms with Gasteiger partial charge in [-0.1, -0.05) is 40.5 Å². The van der Waals surface area contributed by atoms with Crippen molar-refractivity contribution in [2.75, 3.05) is 13.1 Å². The summed E-state index contributed by atoms with van der Waals surface area (Å²) in [7, 11) is 0. The minimum Gasteiger partial charge on any atom is -0.351 e. The molecule has 25 heavy (non-hydrogen) atoms. The van der Waals surface area contributed by atoms with Gasteiger partial charge in [0.2, 0.25) is 5.91 Å². The van der Waals surface area contributed by atoms with Crippen LogP contribution in [0.15, 0.2) is 46.6 Å². The van der Waals surface area contributed by atoms with Crippen molar-refractivity contribution >= 4 is 5.91 Å². The van der Waals surface area contributed by atoms with Crippen LogP contribution in [0, 0.1) is 0 Å². The van der Waals surface area contributed by atoms with Crippen molar-refractivity contribution < 1.29 is 4.79 Å². The number of carbonyl (C=O) groups is 1. The maximum Gasteiger partial charge on any atom is 0.243 e. The molecule has 3 N–H and O–H groups in total. The molecule has 0 saturated carbocycles. The monoisotopic (exact) mass is 346 g/mol. The number of carbonyl (C=O) groups excluding carboxylic acids is 1. The summed E-state index contributed by atoms with van der Waals surface area (Å²) in [6, 6.07) is 0. The van der Waals surface area contributed by atoms with Gasteiger partial charge in [0.05, 0.1) is 0 Å². The first-order valence-electron chi connectivity index (χ1n) is 9.44. The Kier molecular flexibility index (Phi) is 13.8. The second kappa shape index (κ2) is 14.7. The molecule has 0 unspecified atom stereocenters. The Labute approximate surface area is 155 Å². The molecule has 0 heterocycles. The second-order valence-corrected chi connectivity index (χ2v) is 7.07. The highest BCUT2D eigenvalue weighted by Crippen LogP contribution is 2.13. The SMILES string of the molecule is CC(C)=CCC/C(C)=C/CC/C(C)=C/CC/C(C)=C/C(=O)NCCN. The first-order chi connectivity index (χ1) is 11.8. The Morgan fingerprint density at radius 3 is 1.76 bits per heavy atom. The van der Waals surface area contributed by atoms with Gasteiger partial charge in [-0.25, -0.2) is 0 Å². The molecule has 0 bridgehead atoms. The molecule has 0 rings (SSSR count). The van der Waals surface area contributed by atoms with Crippen LogP contribution in [-0.4, -0.2) is 19.0 Å². The lowest BCUT2D eigenvalue weighted by atomic mass is 10.0. The third-order valence-electron chi connectivity index (χ3n) is 3.98. The van der Waals surface area contributed by atoms with Crippen LogP contribution in [0.25, 0.3) is 0 Å². The van der Waals surface area contributed by atoms with Gasteiger partial charge in [0.15, 0.2) is 0 Å². The first-order valence-corrected chi connectivity index (χ1v) is 9.44. The summed E-state index contributed by atoms with van der Waals surface area (Å²) in [4.78, 5) is 11.6. The highest BCUT2D eigenvalue weighted by Gasteiger charge is 1.97. The maximum absolute atomic E-state index is 11.6. The van der Waals surface area contributed by atoms with Crippen molar-refractivity contribution in [3.05, 3.63) is 46.6 Å². The molecule has 3 heteroatoms. The molecule has 0 saturated heterocycles. The molecule has 0 aromatic rings. The zero-order valence-corrected chi connectivity index (χ0v) is 17.0. The van der Waals surface area contributed by atoms with E-state index in [0.717, 1.165) is 44.1 Å². The predicted molar refractivity (Wildman–Crippen MR) is 110 cm³/mol. The molecule has 0 aliphatic rings. The molecule has 0 aromatic carbocycles. The van der Waals surface area contributed by atoms with Crippen molar-refractivity contribution in [2.45, 2.75) is 73.1 Å². The summed E-state index contributed by atoms with van der Waals surface area (Å²) in [6.45, 7) is 11.7. The molecule has 0 radical (unpaired) electrons. The van der Waals surface area contributed by atoms with Gasteiger partial charge in [-0.05, 0) is 73.1 Å². The Hall–Kier alpha value is -1.61. The van der Waals surface area contributed by atoms with E-state index >= 15 is 0 Å². The molecule has 3 nitrogen and oxygen atoms in total. The van der Waals surface area contributed by atoms with Crippen LogP contribution in [0.4, 0.5) is 0 Å². The fraction of sp³-hybridized carbons (Fsp3) is 0.591. The minimum absolute atomic E-state index is 0.0441. The van der Waals surface area contributed by atoms with Gasteiger partial charge in [-0.2, -0.15) is 0 Å². The fourth-order valence-corrected chi connectivity index (χ4v) is 2.43. The smallest absolute Gasteiger partial charge is 0.243 e. The molecule has 0 aliphatic carbocycles. The number of nitrogens with one attached hydrogen (secondary N) is 1. The van der Waals surface area contributed by atoms with Crippen molar-refractivity contribution in [2.24, 2.45) is 5.73 Å². The number of nitrogens with two attached hydrogens (primary N) is 1. The lowest BCUT2D eigenvalue weighted by Crippen LogP contribution is -2.27. The van der Waals surface area contributed by atoms with Gasteiger partial charge in [-0.15, -0.1) is 0 Å². The van der Waals surface area contributed by atoms with Crippen LogP contribution < -0.4 is 11.1 Å². The van der Waals surface area contributed by atoms with E-state index in [4.69, 9.17) is 5.73 Å². The molecule has 142 valence electrons. The largest absolute Gasteiger partial charge is 0.351 e. The maximum atomic E-state index is 11.6. The van der Waals surface area contributed by atoms with Crippen LogP contribution in [0.3, 0.4) is 0 Å². The average molecular weight is 347 g/mol. The molecule has 1 amide bonds. The Morgan fingerprint density at radius 1 is 0.800 bits per heavy atom. The third kappa shape index (κ3) is 15.6. The van der Waals surface area contributed by atoms with Gasteiger partial charge in [0.1, 0.15) is 0 Å². The molecule has 0 fully saturated rings. The van der Waals surface area contributed by atoms with E-state index in [1.54, 1.807) is 6.08 Å². The van der Waals surface area contributed by atoms with Crippen LogP contribution in [0.2, 0.25) is 0 Å². The topological polar surface area (TPSA) is 55.1 Å². The normalized spacial score (nSPS) is 13.0. The summed E-state index contributed by atoms with van der Waals surface area (Å²) in [5.41, 5.74) is 10.8. The Bertz CT molecular complexity index is 506. The zero-order chi connectivity index (χ0) is 19.1. The number of amides is 1. The Balaban J connectivity index is 4.07. The summed E-state index contributed by atoms with van der Waals surface area (Å²) in [6.07, 6.45) is 15.1. The summed E-state index contributed by atoms with van der Waals surface area (Å²) < 4.78 is 0. The number of hydrogen-bond donors (Lipinski definition) is 2. The Morgan fingerprint density at radius 2 is 1.28 bits per heavy atom. The highest BCUT2D eigenvalue weighted by molar-refractivity contribution is 5.88. The van der Waals surface area contributed by atoms with Crippen molar-refractivity contribution in [1.29, 1.82) is 0 Å². The summed E-state index contributed by atoms with van der Waals surface area (Å²) in [5, 5.41) is 2.76. The van der Waals surface area contributed by atoms with E-state index in [9.17, 15) is 4.79 Å². The summed E-state index contributed by atoms with van der Waals surface area (Å²) in [5.74, 6) is -0.0441. The van der Waals surface area contributed by atoms with E-state index in [-0.39, 0.29) is 5.91 Å². The molecular weight excluding hydrogens is 308 g/mol. The minimum atomic E-state index is -0.0441. The number of rotatable bonds is 12. The van der Waals surface area contributed by atoms with Gasteiger partial charge in [-0.3, -0.25) is 4.79 Å². The quantitative estimate of drug-likeness (QED) is 0.376. The molecule has 0 aromatic heterocycles. The number of hydrogen-bond acceptors (Lipinski definition) is 2. The van der Waals surface area contributed by atoms with Crippen LogP contribution in [0.1, 0.15) is 73.1 Å². The molecule has 0 atom stereocenters. The van der Waals surface area contributed by atoms with Crippen molar-refractivity contribution in [1.82, 2.24) is 5.32 Å². The molecule has 0 spiro atoms. The van der Waals surface area contributed by atoms with Gasteiger partial charge >= 0.3 is 0 Å². The predicted octanol–water partition coefficient (Wildman–Crippen LogP) is 5.21. The van der Waals surface area contributed by atoms with Crippen molar-refractivity contribution in [3.8, 4) is 0 Å².